The van der Waals surface area contributed by atoms with Crippen molar-refractivity contribution in [2.75, 3.05) is 45.8 Å². The molecule has 1 amide bonds. The van der Waals surface area contributed by atoms with E-state index in [0.717, 1.165) is 29.5 Å². The number of methoxy groups -OCH3 is 1. The topological polar surface area (TPSA) is 73.7 Å². The van der Waals surface area contributed by atoms with Gasteiger partial charge in [-0.1, -0.05) is 11.8 Å². The van der Waals surface area contributed by atoms with Crippen LogP contribution in [0.3, 0.4) is 0 Å². The Balaban J connectivity index is 1.64. The minimum Gasteiger partial charge on any atom is -0.383 e. The zero-order chi connectivity index (χ0) is 19.5. The molecule has 0 N–H and O–H groups in total. The van der Waals surface area contributed by atoms with Crippen molar-refractivity contribution in [3.63, 3.8) is 0 Å². The predicted molar refractivity (Wildman–Crippen MR) is 111 cm³/mol. The number of morpholine rings is 1. The van der Waals surface area contributed by atoms with Crippen LogP contribution in [0.4, 0.5) is 0 Å². The van der Waals surface area contributed by atoms with E-state index < -0.39 is 0 Å². The Morgan fingerprint density at radius 3 is 2.86 bits per heavy atom. The highest BCUT2D eigenvalue weighted by Crippen LogP contribution is 2.34. The zero-order valence-electron chi connectivity index (χ0n) is 16.1. The van der Waals surface area contributed by atoms with E-state index >= 15 is 0 Å². The maximum Gasteiger partial charge on any atom is 0.263 e. The van der Waals surface area contributed by atoms with Crippen molar-refractivity contribution in [1.29, 1.82) is 0 Å². The lowest BCUT2D eigenvalue weighted by atomic mass is 9.97. The van der Waals surface area contributed by atoms with E-state index in [2.05, 4.69) is 0 Å². The van der Waals surface area contributed by atoms with Gasteiger partial charge in [-0.05, 0) is 31.2 Å². The Labute approximate surface area is 172 Å². The summed E-state index contributed by atoms with van der Waals surface area (Å²) in [5.74, 6) is 0.335. The van der Waals surface area contributed by atoms with Crippen LogP contribution in [0.25, 0.3) is 10.2 Å². The van der Waals surface area contributed by atoms with Gasteiger partial charge in [-0.2, -0.15) is 0 Å². The molecule has 152 valence electrons. The number of nitrogens with zero attached hydrogens (tertiary/aromatic N) is 3. The lowest BCUT2D eigenvalue weighted by Gasteiger charge is -2.26. The minimum absolute atomic E-state index is 0.00257. The fourth-order valence-electron chi connectivity index (χ4n) is 3.74. The number of amides is 1. The summed E-state index contributed by atoms with van der Waals surface area (Å²) in [6.07, 6.45) is 4.29. The van der Waals surface area contributed by atoms with Gasteiger partial charge in [-0.15, -0.1) is 11.3 Å². The number of aryl methyl sites for hydroxylation is 2. The monoisotopic (exact) mass is 423 g/mol. The molecule has 2 aliphatic rings. The molecule has 2 aromatic heterocycles. The predicted octanol–water partition coefficient (Wildman–Crippen LogP) is 1.93. The normalized spacial score (nSPS) is 17.1. The van der Waals surface area contributed by atoms with Crippen molar-refractivity contribution in [2.24, 2.45) is 0 Å². The highest BCUT2D eigenvalue weighted by molar-refractivity contribution is 7.99. The molecule has 4 rings (SSSR count). The number of ether oxygens (including phenoxy) is 2. The molecule has 1 fully saturated rings. The zero-order valence-corrected chi connectivity index (χ0v) is 17.7. The van der Waals surface area contributed by atoms with Crippen molar-refractivity contribution < 1.29 is 14.3 Å². The van der Waals surface area contributed by atoms with Gasteiger partial charge in [0, 0.05) is 25.1 Å². The second-order valence-corrected chi connectivity index (χ2v) is 9.04. The van der Waals surface area contributed by atoms with Gasteiger partial charge in [0.2, 0.25) is 5.91 Å². The summed E-state index contributed by atoms with van der Waals surface area (Å²) in [4.78, 5) is 34.5. The molecule has 0 spiro atoms. The summed E-state index contributed by atoms with van der Waals surface area (Å²) in [6, 6.07) is 0. The van der Waals surface area contributed by atoms with Gasteiger partial charge < -0.3 is 14.4 Å². The van der Waals surface area contributed by atoms with Gasteiger partial charge in [0.05, 0.1) is 37.5 Å². The molecule has 0 saturated carbocycles. The number of thiophene rings is 1. The first-order valence-electron chi connectivity index (χ1n) is 9.71. The van der Waals surface area contributed by atoms with E-state index in [-0.39, 0.29) is 17.2 Å². The Bertz CT molecular complexity index is 918. The number of fused-ring (bicyclic) bond motifs is 3. The van der Waals surface area contributed by atoms with Crippen LogP contribution < -0.4 is 5.56 Å². The average molecular weight is 424 g/mol. The van der Waals surface area contributed by atoms with Crippen molar-refractivity contribution in [3.05, 3.63) is 20.8 Å². The SMILES string of the molecule is COCCn1c(SCC(=O)N2CCOCC2)nc2sc3c(c2c1=O)CCCC3. The summed E-state index contributed by atoms with van der Waals surface area (Å²) in [6.45, 7) is 3.29. The average Bonchev–Trinajstić information content (AvgIpc) is 3.10. The lowest BCUT2D eigenvalue weighted by Crippen LogP contribution is -2.41. The van der Waals surface area contributed by atoms with Gasteiger partial charge in [0.25, 0.3) is 5.56 Å². The van der Waals surface area contributed by atoms with Gasteiger partial charge >= 0.3 is 0 Å². The third kappa shape index (κ3) is 3.98. The van der Waals surface area contributed by atoms with E-state index in [0.29, 0.717) is 44.6 Å². The van der Waals surface area contributed by atoms with Gasteiger partial charge in [-0.3, -0.25) is 14.2 Å². The minimum atomic E-state index is 0.00257. The standard InChI is InChI=1S/C19H25N3O4S2/c1-25-9-8-22-18(24)16-13-4-2-3-5-14(13)28-17(16)20-19(22)27-12-15(23)21-6-10-26-11-7-21/h2-12H2,1H3. The number of thioether (sulfide) groups is 1. The number of carbonyl (C=O) groups is 1. The number of hydrogen-bond acceptors (Lipinski definition) is 7. The maximum absolute atomic E-state index is 13.3. The van der Waals surface area contributed by atoms with E-state index in [1.807, 2.05) is 4.90 Å². The fraction of sp³-hybridized carbons (Fsp3) is 0.632. The van der Waals surface area contributed by atoms with Gasteiger partial charge in [0.15, 0.2) is 5.16 Å². The van der Waals surface area contributed by atoms with Crippen molar-refractivity contribution >= 4 is 39.2 Å². The lowest BCUT2D eigenvalue weighted by molar-refractivity contribution is -0.132. The molecule has 0 aromatic carbocycles. The molecule has 7 nitrogen and oxygen atoms in total. The molecule has 1 saturated heterocycles. The van der Waals surface area contributed by atoms with E-state index in [1.165, 1.54) is 28.6 Å². The summed E-state index contributed by atoms with van der Waals surface area (Å²) in [7, 11) is 1.62. The molecule has 2 aromatic rings. The molecule has 0 unspecified atom stereocenters. The molecule has 1 aliphatic carbocycles. The van der Waals surface area contributed by atoms with Gasteiger partial charge in [0.1, 0.15) is 4.83 Å². The second kappa shape index (κ2) is 8.94. The van der Waals surface area contributed by atoms with Crippen LogP contribution in [0.5, 0.6) is 0 Å². The van der Waals surface area contributed by atoms with Crippen LogP contribution in [-0.2, 0) is 33.7 Å². The molecule has 0 radical (unpaired) electrons. The highest BCUT2D eigenvalue weighted by atomic mass is 32.2. The molecule has 0 atom stereocenters. The van der Waals surface area contributed by atoms with Gasteiger partial charge in [-0.25, -0.2) is 4.98 Å². The van der Waals surface area contributed by atoms with Crippen LogP contribution in [0.15, 0.2) is 9.95 Å². The maximum atomic E-state index is 13.3. The third-order valence-corrected chi connectivity index (χ3v) is 7.39. The second-order valence-electron chi connectivity index (χ2n) is 7.02. The molecule has 28 heavy (non-hydrogen) atoms. The van der Waals surface area contributed by atoms with Crippen LogP contribution in [-0.4, -0.2) is 66.1 Å². The summed E-state index contributed by atoms with van der Waals surface area (Å²) in [5, 5.41) is 1.38. The number of carbonyl (C=O) groups excluding carboxylic acids is 1. The first-order chi connectivity index (χ1) is 13.7. The van der Waals surface area contributed by atoms with Crippen molar-refractivity contribution in [3.8, 4) is 0 Å². The van der Waals surface area contributed by atoms with E-state index in [9.17, 15) is 9.59 Å². The molecule has 0 bridgehead atoms. The Morgan fingerprint density at radius 1 is 1.29 bits per heavy atom. The summed E-state index contributed by atoms with van der Waals surface area (Å²) in [5.41, 5.74) is 1.19. The first-order valence-corrected chi connectivity index (χ1v) is 11.5. The van der Waals surface area contributed by atoms with Crippen LogP contribution in [0.2, 0.25) is 0 Å². The molecule has 3 heterocycles. The van der Waals surface area contributed by atoms with Crippen LogP contribution >= 0.6 is 23.1 Å². The molecule has 1 aliphatic heterocycles. The van der Waals surface area contributed by atoms with Crippen LogP contribution in [0, 0.1) is 0 Å². The Kier molecular flexibility index (Phi) is 6.35. The number of hydrogen-bond donors (Lipinski definition) is 0. The smallest absolute Gasteiger partial charge is 0.263 e. The van der Waals surface area contributed by atoms with Crippen LogP contribution in [0.1, 0.15) is 23.3 Å². The number of aromatic nitrogens is 2. The fourth-order valence-corrected chi connectivity index (χ4v) is 5.97. The summed E-state index contributed by atoms with van der Waals surface area (Å²) >= 11 is 2.99. The third-order valence-electron chi connectivity index (χ3n) is 5.25. The molecular weight excluding hydrogens is 398 g/mol. The van der Waals surface area contributed by atoms with Crippen molar-refractivity contribution in [2.45, 2.75) is 37.4 Å². The number of rotatable bonds is 6. The quantitative estimate of drug-likeness (QED) is 0.522. The molecular formula is C19H25N3O4S2. The Morgan fingerprint density at radius 2 is 2.07 bits per heavy atom. The highest BCUT2D eigenvalue weighted by Gasteiger charge is 2.23. The largest absolute Gasteiger partial charge is 0.383 e. The summed E-state index contributed by atoms with van der Waals surface area (Å²) < 4.78 is 12.2. The van der Waals surface area contributed by atoms with Crippen molar-refractivity contribution in [1.82, 2.24) is 14.5 Å². The van der Waals surface area contributed by atoms with E-state index in [1.54, 1.807) is 23.0 Å². The van der Waals surface area contributed by atoms with E-state index in [4.69, 9.17) is 14.5 Å². The first kappa shape index (κ1) is 19.9. The molecule has 9 heteroatoms. The Hall–Kier alpha value is -1.42.